The van der Waals surface area contributed by atoms with Gasteiger partial charge in [0.15, 0.2) is 0 Å². The van der Waals surface area contributed by atoms with E-state index < -0.39 is 0 Å². The number of hydrogen-bond acceptors (Lipinski definition) is 4. The van der Waals surface area contributed by atoms with Crippen LogP contribution in [0.25, 0.3) is 128 Å². The Morgan fingerprint density at radius 3 is 1.66 bits per heavy atom. The molecule has 0 atom stereocenters. The van der Waals surface area contributed by atoms with Gasteiger partial charge in [-0.2, -0.15) is 0 Å². The predicted octanol–water partition coefficient (Wildman–Crippen LogP) is 20.4. The van der Waals surface area contributed by atoms with Gasteiger partial charge in [-0.05, 0) is 115 Å². The van der Waals surface area contributed by atoms with Gasteiger partial charge in [-0.3, -0.25) is 4.98 Å². The largest absolute Gasteiger partial charge is 3.00 e. The fourth-order valence-electron chi connectivity index (χ4n) is 11.3. The van der Waals surface area contributed by atoms with Crippen LogP contribution in [-0.4, -0.2) is 19.5 Å². The SMILES string of the molecule is CC(C)c1cc(-c2ccccc2)cc(C(C)C)c1-n1c(-c2[c-]ccc3c2oc2ccccc23)nc2ccccc21.[Ir+3].[c-]1cc(-c2ccccc2-c2ccccc2-c2ccccc2-c2ccc(-c3[c-]cccc3)nc2)ccc1-c1ccccn1. The summed E-state index contributed by atoms with van der Waals surface area (Å²) in [6.07, 6.45) is 3.78. The van der Waals surface area contributed by atoms with Gasteiger partial charge in [0.2, 0.25) is 0 Å². The van der Waals surface area contributed by atoms with Crippen molar-refractivity contribution in [2.45, 2.75) is 39.5 Å². The van der Waals surface area contributed by atoms with E-state index in [0.717, 1.165) is 89.1 Å². The fraction of sp³-hybridized carbons (Fsp3) is 0.0779. The Morgan fingerprint density at radius 2 is 1.02 bits per heavy atom. The molecule has 0 saturated carbocycles. The Hall–Kier alpha value is -9.58. The van der Waals surface area contributed by atoms with Gasteiger partial charge in [-0.15, -0.1) is 83.9 Å². The molecule has 0 saturated heterocycles. The van der Waals surface area contributed by atoms with Gasteiger partial charge in [0.1, 0.15) is 5.58 Å². The molecule has 4 aromatic heterocycles. The summed E-state index contributed by atoms with van der Waals surface area (Å²) < 4.78 is 8.83. The van der Waals surface area contributed by atoms with Gasteiger partial charge < -0.3 is 19.0 Å². The van der Waals surface area contributed by atoms with Crippen molar-refractivity contribution in [1.29, 1.82) is 0 Å². The molecule has 0 aliphatic heterocycles. The maximum Gasteiger partial charge on any atom is 3.00 e. The number of aromatic nitrogens is 4. The molecule has 0 amide bonds. The Labute approximate surface area is 499 Å². The zero-order valence-corrected chi connectivity index (χ0v) is 48.9. The number of furan rings is 1. The van der Waals surface area contributed by atoms with Crippen molar-refractivity contribution in [1.82, 2.24) is 19.5 Å². The number of benzene rings is 10. The van der Waals surface area contributed by atoms with Crippen molar-refractivity contribution in [3.63, 3.8) is 0 Å². The second-order valence-electron chi connectivity index (χ2n) is 21.2. The normalized spacial score (nSPS) is 11.3. The number of imidazole rings is 1. The van der Waals surface area contributed by atoms with Gasteiger partial charge in [0.25, 0.3) is 0 Å². The third kappa shape index (κ3) is 10.7. The van der Waals surface area contributed by atoms with Crippen molar-refractivity contribution >= 4 is 33.0 Å². The molecule has 0 radical (unpaired) electrons. The number of rotatable bonds is 11. The van der Waals surface area contributed by atoms with Gasteiger partial charge in [0.05, 0.1) is 22.4 Å². The predicted molar refractivity (Wildman–Crippen MR) is 339 cm³/mol. The van der Waals surface area contributed by atoms with E-state index in [2.05, 4.69) is 244 Å². The van der Waals surface area contributed by atoms with Crippen LogP contribution in [0.4, 0.5) is 0 Å². The zero-order valence-electron chi connectivity index (χ0n) is 46.5. The summed E-state index contributed by atoms with van der Waals surface area (Å²) in [7, 11) is 0. The molecule has 0 aliphatic rings. The van der Waals surface area contributed by atoms with Gasteiger partial charge in [-0.25, -0.2) is 0 Å². The molecule has 14 aromatic rings. The van der Waals surface area contributed by atoms with Crippen LogP contribution < -0.4 is 0 Å². The summed E-state index contributed by atoms with van der Waals surface area (Å²) in [6.45, 7) is 9.12. The quantitative estimate of drug-likeness (QED) is 0.121. The maximum absolute atomic E-state index is 6.47. The molecule has 6 heteroatoms. The minimum Gasteiger partial charge on any atom is -0.501 e. The van der Waals surface area contributed by atoms with E-state index in [-0.39, 0.29) is 20.1 Å². The van der Waals surface area contributed by atoms with Crippen LogP contribution in [0, 0.1) is 18.2 Å². The van der Waals surface area contributed by atoms with Crippen LogP contribution in [0.3, 0.4) is 0 Å². The molecule has 14 rings (SSSR count). The van der Waals surface area contributed by atoms with E-state index in [9.17, 15) is 0 Å². The average Bonchev–Trinajstić information content (AvgIpc) is 4.09. The summed E-state index contributed by atoms with van der Waals surface area (Å²) >= 11 is 0. The minimum absolute atomic E-state index is 0. The van der Waals surface area contributed by atoms with Gasteiger partial charge in [0, 0.05) is 23.5 Å². The van der Waals surface area contributed by atoms with E-state index in [4.69, 9.17) is 14.4 Å². The maximum atomic E-state index is 6.47. The van der Waals surface area contributed by atoms with Crippen LogP contribution in [0.5, 0.6) is 0 Å². The van der Waals surface area contributed by atoms with Gasteiger partial charge in [-0.1, -0.05) is 207 Å². The third-order valence-electron chi connectivity index (χ3n) is 15.4. The summed E-state index contributed by atoms with van der Waals surface area (Å²) in [5.74, 6) is 1.45. The van der Waals surface area contributed by atoms with Crippen LogP contribution >= 0.6 is 0 Å². The topological polar surface area (TPSA) is 56.7 Å². The summed E-state index contributed by atoms with van der Waals surface area (Å²) in [6, 6.07) is 96.6. The molecular weight excluding hydrogens is 1190 g/mol. The van der Waals surface area contributed by atoms with Crippen molar-refractivity contribution in [2.24, 2.45) is 0 Å². The monoisotopic (exact) mass is 1250 g/mol. The van der Waals surface area contributed by atoms with E-state index >= 15 is 0 Å². The molecule has 400 valence electrons. The average molecular weight is 1250 g/mol. The standard InChI is InChI=1S/C40H26N2.C37H31N2O.Ir/c1-2-12-30(13-3-1)40-26-25-32(28-42-40)34-15-5-7-17-36(34)38-19-9-8-18-37(38)35-16-6-4-14-33(35)29-21-23-31(24-22-29)39-20-10-11-27-41-39;1-23(2)30-21-26(25-13-6-5-7-14-25)22-31(24(3)4)35(30)39-33-19-10-9-18-32(33)38-37(39)29-17-12-16-28-27-15-8-11-20-34(27)40-36(28)29;/h1-12,14-23,25-28H;5-16,18-24H,1-4H3;/q-2;-1;+3. The van der Waals surface area contributed by atoms with Crippen LogP contribution in [0.2, 0.25) is 0 Å². The summed E-state index contributed by atoms with van der Waals surface area (Å²) in [5.41, 5.74) is 23.9. The summed E-state index contributed by atoms with van der Waals surface area (Å²) in [5, 5.41) is 2.18. The molecule has 0 N–H and O–H groups in total. The molecule has 0 spiro atoms. The van der Waals surface area contributed by atoms with Crippen molar-refractivity contribution in [3.8, 4) is 95.2 Å². The van der Waals surface area contributed by atoms with Crippen molar-refractivity contribution < 1.29 is 24.5 Å². The van der Waals surface area contributed by atoms with Crippen LogP contribution in [-0.2, 0) is 20.1 Å². The van der Waals surface area contributed by atoms with E-state index in [1.54, 1.807) is 0 Å². The number of pyridine rings is 2. The molecule has 4 heterocycles. The number of para-hydroxylation sites is 3. The second-order valence-corrected chi connectivity index (χ2v) is 21.2. The molecule has 0 bridgehead atoms. The molecule has 83 heavy (non-hydrogen) atoms. The Kier molecular flexibility index (Phi) is 15.5. The molecule has 0 fully saturated rings. The second kappa shape index (κ2) is 23.9. The van der Waals surface area contributed by atoms with Crippen molar-refractivity contribution in [2.75, 3.05) is 0 Å². The van der Waals surface area contributed by atoms with E-state index in [1.165, 1.54) is 50.2 Å². The fourth-order valence-corrected chi connectivity index (χ4v) is 11.3. The van der Waals surface area contributed by atoms with E-state index in [1.807, 2.05) is 73.1 Å². The first kappa shape index (κ1) is 54.0. The Morgan fingerprint density at radius 1 is 0.434 bits per heavy atom. The number of fused-ring (bicyclic) bond motifs is 4. The first-order valence-corrected chi connectivity index (χ1v) is 28.0. The molecule has 0 unspecified atom stereocenters. The Bertz CT molecular complexity index is 4370. The first-order valence-electron chi connectivity index (χ1n) is 28.0. The molecular formula is C77H57IrN4O. The number of hydrogen-bond donors (Lipinski definition) is 0. The molecule has 5 nitrogen and oxygen atoms in total. The number of nitrogens with zero attached hydrogens (tertiary/aromatic N) is 4. The Balaban J connectivity index is 0.000000162. The molecule has 10 aromatic carbocycles. The summed E-state index contributed by atoms with van der Waals surface area (Å²) in [4.78, 5) is 14.5. The van der Waals surface area contributed by atoms with E-state index in [0.29, 0.717) is 11.8 Å². The first-order chi connectivity index (χ1) is 40.4. The third-order valence-corrected chi connectivity index (χ3v) is 15.4. The van der Waals surface area contributed by atoms with Gasteiger partial charge >= 0.3 is 20.1 Å². The van der Waals surface area contributed by atoms with Crippen LogP contribution in [0.1, 0.15) is 50.7 Å². The van der Waals surface area contributed by atoms with Crippen LogP contribution in [0.15, 0.2) is 266 Å². The smallest absolute Gasteiger partial charge is 0.501 e. The minimum atomic E-state index is 0. The van der Waals surface area contributed by atoms with Crippen molar-refractivity contribution in [3.05, 3.63) is 290 Å². The zero-order chi connectivity index (χ0) is 55.5. The molecule has 0 aliphatic carbocycles.